The summed E-state index contributed by atoms with van der Waals surface area (Å²) in [5.74, 6) is 0.392. The highest BCUT2D eigenvalue weighted by Gasteiger charge is 2.19. The van der Waals surface area contributed by atoms with Crippen LogP contribution in [0.2, 0.25) is 5.02 Å². The van der Waals surface area contributed by atoms with E-state index in [1.54, 1.807) is 12.1 Å². The Morgan fingerprint density at radius 1 is 1.21 bits per heavy atom. The van der Waals surface area contributed by atoms with Gasteiger partial charge in [0.15, 0.2) is 0 Å². The standard InChI is InChI=1S/C16H25ClFN/c1-4-9-19-16(12(5-2)6-3)10-13-7-8-14(17)11-15(13)18/h7-8,11-12,16,19H,4-6,9-10H2,1-3H3. The molecule has 0 bridgehead atoms. The van der Waals surface area contributed by atoms with Gasteiger partial charge in [-0.05, 0) is 43.0 Å². The number of halogens is 2. The van der Waals surface area contributed by atoms with Crippen LogP contribution in [0.1, 0.15) is 45.6 Å². The van der Waals surface area contributed by atoms with Crippen LogP contribution in [0.15, 0.2) is 18.2 Å². The van der Waals surface area contributed by atoms with Gasteiger partial charge in [-0.1, -0.05) is 51.3 Å². The van der Waals surface area contributed by atoms with E-state index < -0.39 is 0 Å². The summed E-state index contributed by atoms with van der Waals surface area (Å²) in [6.07, 6.45) is 4.06. The molecule has 1 aromatic rings. The molecule has 1 N–H and O–H groups in total. The summed E-state index contributed by atoms with van der Waals surface area (Å²) in [6.45, 7) is 7.54. The van der Waals surface area contributed by atoms with Crippen LogP contribution in [-0.2, 0) is 6.42 Å². The first-order valence-electron chi connectivity index (χ1n) is 7.29. The number of rotatable bonds is 8. The summed E-state index contributed by atoms with van der Waals surface area (Å²) in [6, 6.07) is 5.32. The van der Waals surface area contributed by atoms with E-state index in [4.69, 9.17) is 11.6 Å². The molecule has 0 saturated heterocycles. The van der Waals surface area contributed by atoms with E-state index in [-0.39, 0.29) is 5.82 Å². The monoisotopic (exact) mass is 285 g/mol. The summed E-state index contributed by atoms with van der Waals surface area (Å²) >= 11 is 5.80. The lowest BCUT2D eigenvalue weighted by molar-refractivity contribution is 0.329. The van der Waals surface area contributed by atoms with Gasteiger partial charge >= 0.3 is 0 Å². The van der Waals surface area contributed by atoms with Gasteiger partial charge in [-0.2, -0.15) is 0 Å². The minimum absolute atomic E-state index is 0.193. The second-order valence-electron chi connectivity index (χ2n) is 5.08. The van der Waals surface area contributed by atoms with Gasteiger partial charge in [-0.25, -0.2) is 4.39 Å². The summed E-state index contributed by atoms with van der Waals surface area (Å²) < 4.78 is 13.9. The van der Waals surface area contributed by atoms with E-state index in [2.05, 4.69) is 26.1 Å². The zero-order valence-corrected chi connectivity index (χ0v) is 12.9. The van der Waals surface area contributed by atoms with E-state index in [0.29, 0.717) is 17.0 Å². The first-order chi connectivity index (χ1) is 9.12. The number of hydrogen-bond donors (Lipinski definition) is 1. The van der Waals surface area contributed by atoms with Crippen molar-refractivity contribution in [1.82, 2.24) is 5.32 Å². The molecule has 0 aromatic heterocycles. The van der Waals surface area contributed by atoms with Crippen molar-refractivity contribution in [2.45, 2.75) is 52.5 Å². The van der Waals surface area contributed by atoms with Crippen LogP contribution < -0.4 is 5.32 Å². The highest BCUT2D eigenvalue weighted by atomic mass is 35.5. The number of nitrogens with one attached hydrogen (secondary N) is 1. The van der Waals surface area contributed by atoms with E-state index in [9.17, 15) is 4.39 Å². The zero-order chi connectivity index (χ0) is 14.3. The van der Waals surface area contributed by atoms with Crippen LogP contribution in [-0.4, -0.2) is 12.6 Å². The van der Waals surface area contributed by atoms with Crippen LogP contribution >= 0.6 is 11.6 Å². The van der Waals surface area contributed by atoms with Crippen molar-refractivity contribution in [3.63, 3.8) is 0 Å². The fraction of sp³-hybridized carbons (Fsp3) is 0.625. The molecule has 3 heteroatoms. The molecule has 0 heterocycles. The van der Waals surface area contributed by atoms with Crippen LogP contribution in [0, 0.1) is 11.7 Å². The molecular weight excluding hydrogens is 261 g/mol. The van der Waals surface area contributed by atoms with Gasteiger partial charge in [0, 0.05) is 11.1 Å². The Hall–Kier alpha value is -0.600. The van der Waals surface area contributed by atoms with Crippen LogP contribution in [0.4, 0.5) is 4.39 Å². The molecule has 0 spiro atoms. The van der Waals surface area contributed by atoms with Crippen molar-refractivity contribution >= 4 is 11.6 Å². The van der Waals surface area contributed by atoms with Crippen molar-refractivity contribution in [3.8, 4) is 0 Å². The van der Waals surface area contributed by atoms with E-state index >= 15 is 0 Å². The topological polar surface area (TPSA) is 12.0 Å². The van der Waals surface area contributed by atoms with Crippen molar-refractivity contribution in [2.75, 3.05) is 6.54 Å². The molecular formula is C16H25ClFN. The van der Waals surface area contributed by atoms with Crippen molar-refractivity contribution in [3.05, 3.63) is 34.6 Å². The Kier molecular flexibility index (Phi) is 7.40. The summed E-state index contributed by atoms with van der Waals surface area (Å²) in [4.78, 5) is 0. The van der Waals surface area contributed by atoms with Gasteiger partial charge in [0.2, 0.25) is 0 Å². The molecule has 0 amide bonds. The normalized spacial score (nSPS) is 12.9. The zero-order valence-electron chi connectivity index (χ0n) is 12.2. The third-order valence-corrected chi connectivity index (χ3v) is 3.96. The van der Waals surface area contributed by atoms with Crippen molar-refractivity contribution in [1.29, 1.82) is 0 Å². The van der Waals surface area contributed by atoms with Gasteiger partial charge in [0.25, 0.3) is 0 Å². The van der Waals surface area contributed by atoms with E-state index in [1.807, 2.05) is 0 Å². The SMILES string of the molecule is CCCNC(Cc1ccc(Cl)cc1F)C(CC)CC. The fourth-order valence-corrected chi connectivity index (χ4v) is 2.68. The van der Waals surface area contributed by atoms with Gasteiger partial charge in [0.05, 0.1) is 0 Å². The Bertz CT molecular complexity index is 377. The van der Waals surface area contributed by atoms with Gasteiger partial charge in [-0.3, -0.25) is 0 Å². The lowest BCUT2D eigenvalue weighted by atomic mass is 9.89. The Morgan fingerprint density at radius 3 is 2.42 bits per heavy atom. The van der Waals surface area contributed by atoms with Crippen molar-refractivity contribution in [2.24, 2.45) is 5.92 Å². The van der Waals surface area contributed by atoms with Gasteiger partial charge < -0.3 is 5.32 Å². The lowest BCUT2D eigenvalue weighted by Crippen LogP contribution is -2.38. The molecule has 1 rings (SSSR count). The first kappa shape index (κ1) is 16.5. The molecule has 0 aliphatic rings. The van der Waals surface area contributed by atoms with Crippen molar-refractivity contribution < 1.29 is 4.39 Å². The third kappa shape index (κ3) is 5.12. The molecule has 0 aliphatic carbocycles. The predicted octanol–water partition coefficient (Wildman–Crippen LogP) is 4.83. The third-order valence-electron chi connectivity index (χ3n) is 3.73. The second-order valence-corrected chi connectivity index (χ2v) is 5.51. The highest BCUT2D eigenvalue weighted by Crippen LogP contribution is 2.21. The van der Waals surface area contributed by atoms with Gasteiger partial charge in [-0.15, -0.1) is 0 Å². The second kappa shape index (κ2) is 8.55. The highest BCUT2D eigenvalue weighted by molar-refractivity contribution is 6.30. The molecule has 19 heavy (non-hydrogen) atoms. The summed E-state index contributed by atoms with van der Waals surface area (Å²) in [5.41, 5.74) is 0.755. The van der Waals surface area contributed by atoms with Crippen LogP contribution in [0.3, 0.4) is 0 Å². The molecule has 1 unspecified atom stereocenters. The van der Waals surface area contributed by atoms with E-state index in [0.717, 1.165) is 37.8 Å². The number of benzene rings is 1. The Morgan fingerprint density at radius 2 is 1.89 bits per heavy atom. The van der Waals surface area contributed by atoms with Gasteiger partial charge in [0.1, 0.15) is 5.82 Å². The average Bonchev–Trinajstić information content (AvgIpc) is 2.39. The first-order valence-corrected chi connectivity index (χ1v) is 7.67. The quantitative estimate of drug-likeness (QED) is 0.722. The molecule has 0 fully saturated rings. The average molecular weight is 286 g/mol. The maximum atomic E-state index is 13.9. The molecule has 1 aromatic carbocycles. The molecule has 1 nitrogen and oxygen atoms in total. The molecule has 0 aliphatic heterocycles. The van der Waals surface area contributed by atoms with Crippen LogP contribution in [0.5, 0.6) is 0 Å². The summed E-state index contributed by atoms with van der Waals surface area (Å²) in [7, 11) is 0. The number of hydrogen-bond acceptors (Lipinski definition) is 1. The molecule has 108 valence electrons. The van der Waals surface area contributed by atoms with Crippen LogP contribution in [0.25, 0.3) is 0 Å². The minimum Gasteiger partial charge on any atom is -0.313 e. The minimum atomic E-state index is -0.193. The molecule has 0 saturated carbocycles. The lowest BCUT2D eigenvalue weighted by Gasteiger charge is -2.27. The Labute approximate surface area is 121 Å². The maximum Gasteiger partial charge on any atom is 0.127 e. The molecule has 0 radical (unpaired) electrons. The maximum absolute atomic E-state index is 13.9. The summed E-state index contributed by atoms with van der Waals surface area (Å²) in [5, 5.41) is 4.02. The predicted molar refractivity (Wildman–Crippen MR) is 81.3 cm³/mol. The largest absolute Gasteiger partial charge is 0.313 e. The smallest absolute Gasteiger partial charge is 0.127 e. The Balaban J connectivity index is 2.80. The molecule has 1 atom stereocenters. The fourth-order valence-electron chi connectivity index (χ4n) is 2.52. The van der Waals surface area contributed by atoms with E-state index in [1.165, 1.54) is 6.07 Å².